The van der Waals surface area contributed by atoms with Crippen LogP contribution in [0.15, 0.2) is 0 Å². The molecule has 1 atom stereocenters. The Morgan fingerprint density at radius 2 is 2.00 bits per heavy atom. The highest BCUT2D eigenvalue weighted by atomic mass is 15.2. The van der Waals surface area contributed by atoms with E-state index in [2.05, 4.69) is 31.0 Å². The lowest BCUT2D eigenvalue weighted by atomic mass is 9.91. The van der Waals surface area contributed by atoms with Gasteiger partial charge in [-0.15, -0.1) is 0 Å². The van der Waals surface area contributed by atoms with Crippen molar-refractivity contribution in [2.45, 2.75) is 39.7 Å². The number of likely N-dealkylation sites (N-methyl/N-ethyl adjacent to an activating group) is 1. The Balaban J connectivity index is 2.51. The number of piperazine rings is 1. The minimum atomic E-state index is 0.786. The van der Waals surface area contributed by atoms with Crippen molar-refractivity contribution in [3.63, 3.8) is 0 Å². The Kier molecular flexibility index (Phi) is 4.74. The second kappa shape index (κ2) is 5.61. The molecule has 1 N–H and O–H groups in total. The zero-order valence-corrected chi connectivity index (χ0v) is 9.34. The first kappa shape index (κ1) is 11.0. The highest BCUT2D eigenvalue weighted by Gasteiger charge is 2.26. The van der Waals surface area contributed by atoms with Gasteiger partial charge in [0.2, 0.25) is 0 Å². The van der Waals surface area contributed by atoms with Crippen molar-refractivity contribution in [2.75, 3.05) is 26.2 Å². The van der Waals surface area contributed by atoms with Crippen molar-refractivity contribution in [1.82, 2.24) is 10.2 Å². The molecule has 0 aliphatic carbocycles. The Hall–Kier alpha value is -0.0800. The Bertz CT molecular complexity index is 125. The van der Waals surface area contributed by atoms with Crippen LogP contribution in [0.2, 0.25) is 0 Å². The molecule has 0 spiro atoms. The van der Waals surface area contributed by atoms with Crippen LogP contribution in [0.4, 0.5) is 0 Å². The summed E-state index contributed by atoms with van der Waals surface area (Å²) in [4.78, 5) is 2.63. The van der Waals surface area contributed by atoms with Crippen molar-refractivity contribution in [3.05, 3.63) is 0 Å². The van der Waals surface area contributed by atoms with Gasteiger partial charge in [-0.05, 0) is 12.5 Å². The van der Waals surface area contributed by atoms with Crippen LogP contribution in [0, 0.1) is 5.92 Å². The first-order valence-corrected chi connectivity index (χ1v) is 5.78. The molecule has 0 amide bonds. The van der Waals surface area contributed by atoms with Gasteiger partial charge in [0.05, 0.1) is 0 Å². The molecule has 13 heavy (non-hydrogen) atoms. The first-order valence-electron chi connectivity index (χ1n) is 5.78. The normalized spacial score (nSPS) is 25.4. The fourth-order valence-electron chi connectivity index (χ4n) is 2.46. The van der Waals surface area contributed by atoms with Gasteiger partial charge in [0.1, 0.15) is 0 Å². The molecule has 1 aliphatic heterocycles. The topological polar surface area (TPSA) is 15.3 Å². The van der Waals surface area contributed by atoms with Crippen LogP contribution in [0.1, 0.15) is 33.6 Å². The van der Waals surface area contributed by atoms with Gasteiger partial charge in [-0.3, -0.25) is 4.90 Å². The van der Waals surface area contributed by atoms with Crippen LogP contribution in [0.25, 0.3) is 0 Å². The third-order valence-corrected chi connectivity index (χ3v) is 3.40. The van der Waals surface area contributed by atoms with E-state index in [-0.39, 0.29) is 0 Å². The standard InChI is InChI=1S/C11H24N2/c1-4-10(5-2)11-9-12-7-8-13(11)6-3/h10-12H,4-9H2,1-3H3. The molecule has 1 unspecified atom stereocenters. The summed E-state index contributed by atoms with van der Waals surface area (Å²) in [5.74, 6) is 0.882. The third kappa shape index (κ3) is 2.68. The molecule has 0 aromatic carbocycles. The predicted molar refractivity (Wildman–Crippen MR) is 58.0 cm³/mol. The molecule has 1 aliphatic rings. The van der Waals surface area contributed by atoms with Gasteiger partial charge in [-0.2, -0.15) is 0 Å². The van der Waals surface area contributed by atoms with Gasteiger partial charge in [0.25, 0.3) is 0 Å². The van der Waals surface area contributed by atoms with Crippen LogP contribution in [0.3, 0.4) is 0 Å². The fourth-order valence-corrected chi connectivity index (χ4v) is 2.46. The van der Waals surface area contributed by atoms with Gasteiger partial charge in [-0.25, -0.2) is 0 Å². The number of rotatable bonds is 4. The lowest BCUT2D eigenvalue weighted by molar-refractivity contribution is 0.113. The summed E-state index contributed by atoms with van der Waals surface area (Å²) < 4.78 is 0. The van der Waals surface area contributed by atoms with Crippen molar-refractivity contribution < 1.29 is 0 Å². The molecule has 78 valence electrons. The van der Waals surface area contributed by atoms with Crippen molar-refractivity contribution >= 4 is 0 Å². The molecular formula is C11H24N2. The van der Waals surface area contributed by atoms with E-state index in [1.807, 2.05) is 0 Å². The van der Waals surface area contributed by atoms with Gasteiger partial charge >= 0.3 is 0 Å². The fraction of sp³-hybridized carbons (Fsp3) is 1.00. The molecule has 2 heteroatoms. The smallest absolute Gasteiger partial charge is 0.0249 e. The summed E-state index contributed by atoms with van der Waals surface area (Å²) in [5.41, 5.74) is 0. The molecule has 1 rings (SSSR count). The average molecular weight is 184 g/mol. The Morgan fingerprint density at radius 3 is 2.54 bits per heavy atom. The highest BCUT2D eigenvalue weighted by molar-refractivity contribution is 4.83. The summed E-state index contributed by atoms with van der Waals surface area (Å²) in [6, 6.07) is 0.786. The van der Waals surface area contributed by atoms with E-state index >= 15 is 0 Å². The molecule has 1 saturated heterocycles. The monoisotopic (exact) mass is 184 g/mol. The van der Waals surface area contributed by atoms with Gasteiger partial charge in [-0.1, -0.05) is 33.6 Å². The largest absolute Gasteiger partial charge is 0.314 e. The molecular weight excluding hydrogens is 160 g/mol. The van der Waals surface area contributed by atoms with Crippen LogP contribution in [0.5, 0.6) is 0 Å². The summed E-state index contributed by atoms with van der Waals surface area (Å²) in [7, 11) is 0. The van der Waals surface area contributed by atoms with E-state index in [4.69, 9.17) is 0 Å². The molecule has 0 radical (unpaired) electrons. The summed E-state index contributed by atoms with van der Waals surface area (Å²) >= 11 is 0. The molecule has 0 aromatic rings. The van der Waals surface area contributed by atoms with Crippen molar-refractivity contribution in [3.8, 4) is 0 Å². The predicted octanol–water partition coefficient (Wildman–Crippen LogP) is 1.72. The zero-order chi connectivity index (χ0) is 9.68. The van der Waals surface area contributed by atoms with Crippen LogP contribution in [-0.4, -0.2) is 37.1 Å². The Labute approximate surface area is 82.7 Å². The summed E-state index contributed by atoms with van der Waals surface area (Å²) in [5, 5.41) is 3.51. The SMILES string of the molecule is CCC(CC)C1CNCCN1CC. The zero-order valence-electron chi connectivity index (χ0n) is 9.34. The van der Waals surface area contributed by atoms with Gasteiger partial charge < -0.3 is 5.32 Å². The number of hydrogen-bond acceptors (Lipinski definition) is 2. The lowest BCUT2D eigenvalue weighted by Crippen LogP contribution is -2.54. The Morgan fingerprint density at radius 1 is 1.31 bits per heavy atom. The van der Waals surface area contributed by atoms with Crippen LogP contribution in [-0.2, 0) is 0 Å². The van der Waals surface area contributed by atoms with Crippen molar-refractivity contribution in [2.24, 2.45) is 5.92 Å². The maximum absolute atomic E-state index is 3.51. The van der Waals surface area contributed by atoms with E-state index in [9.17, 15) is 0 Å². The van der Waals surface area contributed by atoms with Crippen LogP contribution < -0.4 is 5.32 Å². The minimum Gasteiger partial charge on any atom is -0.314 e. The average Bonchev–Trinajstić information content (AvgIpc) is 2.20. The van der Waals surface area contributed by atoms with E-state index in [1.54, 1.807) is 0 Å². The second-order valence-electron chi connectivity index (χ2n) is 3.98. The quantitative estimate of drug-likeness (QED) is 0.715. The maximum Gasteiger partial charge on any atom is 0.0249 e. The van der Waals surface area contributed by atoms with Gasteiger partial charge in [0.15, 0.2) is 0 Å². The second-order valence-corrected chi connectivity index (χ2v) is 3.98. The van der Waals surface area contributed by atoms with E-state index in [0.29, 0.717) is 0 Å². The van der Waals surface area contributed by atoms with Crippen LogP contribution >= 0.6 is 0 Å². The van der Waals surface area contributed by atoms with Gasteiger partial charge in [0, 0.05) is 25.7 Å². The highest BCUT2D eigenvalue weighted by Crippen LogP contribution is 2.19. The third-order valence-electron chi connectivity index (χ3n) is 3.40. The summed E-state index contributed by atoms with van der Waals surface area (Å²) in [6.45, 7) is 11.7. The van der Waals surface area contributed by atoms with E-state index in [1.165, 1.54) is 39.0 Å². The molecule has 0 saturated carbocycles. The molecule has 0 bridgehead atoms. The number of nitrogens with zero attached hydrogens (tertiary/aromatic N) is 1. The van der Waals surface area contributed by atoms with Crippen molar-refractivity contribution in [1.29, 1.82) is 0 Å². The lowest BCUT2D eigenvalue weighted by Gasteiger charge is -2.39. The summed E-state index contributed by atoms with van der Waals surface area (Å²) in [6.07, 6.45) is 2.64. The molecule has 1 heterocycles. The first-order chi connectivity index (χ1) is 6.33. The maximum atomic E-state index is 3.51. The van der Waals surface area contributed by atoms with E-state index in [0.717, 1.165) is 12.0 Å². The molecule has 2 nitrogen and oxygen atoms in total. The molecule has 1 fully saturated rings. The molecule has 0 aromatic heterocycles. The van der Waals surface area contributed by atoms with E-state index < -0.39 is 0 Å². The number of nitrogens with one attached hydrogen (secondary N) is 1. The number of hydrogen-bond donors (Lipinski definition) is 1. The minimum absolute atomic E-state index is 0.786.